The Morgan fingerprint density at radius 3 is 2.71 bits per heavy atom. The molecule has 21 heavy (non-hydrogen) atoms. The zero-order valence-corrected chi connectivity index (χ0v) is 12.4. The SMILES string of the molecule is CC1(CN)CCN(C(=O)c2ccnc3ccccc23)CC1. The first kappa shape index (κ1) is 14.0. The zero-order valence-electron chi connectivity index (χ0n) is 12.4. The molecule has 0 saturated carbocycles. The van der Waals surface area contributed by atoms with Gasteiger partial charge in [-0.1, -0.05) is 25.1 Å². The molecular weight excluding hydrogens is 262 g/mol. The molecule has 110 valence electrons. The van der Waals surface area contributed by atoms with Gasteiger partial charge in [0.15, 0.2) is 0 Å². The highest BCUT2D eigenvalue weighted by atomic mass is 16.2. The van der Waals surface area contributed by atoms with Gasteiger partial charge in [0.05, 0.1) is 11.1 Å². The molecule has 2 heterocycles. The Labute approximate surface area is 125 Å². The Hall–Kier alpha value is -1.94. The first-order chi connectivity index (χ1) is 10.1. The Balaban J connectivity index is 1.85. The monoisotopic (exact) mass is 283 g/mol. The summed E-state index contributed by atoms with van der Waals surface area (Å²) in [5.41, 5.74) is 7.63. The largest absolute Gasteiger partial charge is 0.339 e. The Morgan fingerprint density at radius 2 is 2.00 bits per heavy atom. The van der Waals surface area contributed by atoms with Crippen molar-refractivity contribution in [3.63, 3.8) is 0 Å². The zero-order chi connectivity index (χ0) is 14.9. The van der Waals surface area contributed by atoms with Gasteiger partial charge in [0, 0.05) is 24.7 Å². The first-order valence-corrected chi connectivity index (χ1v) is 7.46. The number of amides is 1. The van der Waals surface area contributed by atoms with E-state index in [-0.39, 0.29) is 11.3 Å². The summed E-state index contributed by atoms with van der Waals surface area (Å²) in [7, 11) is 0. The number of para-hydroxylation sites is 1. The van der Waals surface area contributed by atoms with E-state index < -0.39 is 0 Å². The molecule has 1 aromatic heterocycles. The average molecular weight is 283 g/mol. The smallest absolute Gasteiger partial charge is 0.254 e. The first-order valence-electron chi connectivity index (χ1n) is 7.46. The van der Waals surface area contributed by atoms with Gasteiger partial charge in [0.1, 0.15) is 0 Å². The number of hydrogen-bond acceptors (Lipinski definition) is 3. The topological polar surface area (TPSA) is 59.2 Å². The molecule has 0 spiro atoms. The van der Waals surface area contributed by atoms with E-state index in [2.05, 4.69) is 11.9 Å². The van der Waals surface area contributed by atoms with Crippen LogP contribution in [0.15, 0.2) is 36.5 Å². The number of fused-ring (bicyclic) bond motifs is 1. The molecule has 1 aromatic carbocycles. The third-order valence-corrected chi connectivity index (χ3v) is 4.63. The highest BCUT2D eigenvalue weighted by Crippen LogP contribution is 2.30. The number of nitrogens with two attached hydrogens (primary N) is 1. The van der Waals surface area contributed by atoms with Crippen LogP contribution in [0.2, 0.25) is 0 Å². The van der Waals surface area contributed by atoms with E-state index in [4.69, 9.17) is 5.73 Å². The number of likely N-dealkylation sites (tertiary alicyclic amines) is 1. The lowest BCUT2D eigenvalue weighted by atomic mass is 9.80. The van der Waals surface area contributed by atoms with Gasteiger partial charge in [-0.05, 0) is 36.9 Å². The van der Waals surface area contributed by atoms with Gasteiger partial charge in [-0.3, -0.25) is 9.78 Å². The molecule has 4 heteroatoms. The summed E-state index contributed by atoms with van der Waals surface area (Å²) in [6.45, 7) is 4.45. The summed E-state index contributed by atoms with van der Waals surface area (Å²) in [6.07, 6.45) is 3.65. The van der Waals surface area contributed by atoms with Gasteiger partial charge in [-0.2, -0.15) is 0 Å². The molecule has 1 aliphatic rings. The van der Waals surface area contributed by atoms with Crippen LogP contribution in [-0.4, -0.2) is 35.4 Å². The van der Waals surface area contributed by atoms with Crippen LogP contribution in [0.25, 0.3) is 10.9 Å². The van der Waals surface area contributed by atoms with E-state index >= 15 is 0 Å². The minimum absolute atomic E-state index is 0.104. The van der Waals surface area contributed by atoms with Gasteiger partial charge in [-0.15, -0.1) is 0 Å². The second-order valence-corrected chi connectivity index (χ2v) is 6.18. The fourth-order valence-corrected chi connectivity index (χ4v) is 2.91. The van der Waals surface area contributed by atoms with E-state index in [9.17, 15) is 4.79 Å². The summed E-state index contributed by atoms with van der Waals surface area (Å²) in [5.74, 6) is 0.104. The number of piperidine rings is 1. The van der Waals surface area contributed by atoms with Crippen LogP contribution < -0.4 is 5.73 Å². The Morgan fingerprint density at radius 1 is 1.29 bits per heavy atom. The van der Waals surface area contributed by atoms with Crippen LogP contribution in [0.1, 0.15) is 30.1 Å². The van der Waals surface area contributed by atoms with Crippen LogP contribution in [-0.2, 0) is 0 Å². The van der Waals surface area contributed by atoms with Crippen LogP contribution >= 0.6 is 0 Å². The number of carbonyl (C=O) groups excluding carboxylic acids is 1. The molecule has 0 atom stereocenters. The van der Waals surface area contributed by atoms with Gasteiger partial charge in [0.25, 0.3) is 5.91 Å². The van der Waals surface area contributed by atoms with Crippen LogP contribution in [0.4, 0.5) is 0 Å². The summed E-state index contributed by atoms with van der Waals surface area (Å²) in [5, 5.41) is 0.928. The minimum atomic E-state index is 0.104. The van der Waals surface area contributed by atoms with Crippen molar-refractivity contribution in [3.05, 3.63) is 42.1 Å². The maximum atomic E-state index is 12.8. The van der Waals surface area contributed by atoms with Crippen LogP contribution in [0, 0.1) is 5.41 Å². The molecule has 0 unspecified atom stereocenters. The summed E-state index contributed by atoms with van der Waals surface area (Å²) in [4.78, 5) is 19.0. The Kier molecular flexibility index (Phi) is 3.64. The molecule has 1 saturated heterocycles. The van der Waals surface area contributed by atoms with Crippen molar-refractivity contribution in [1.29, 1.82) is 0 Å². The summed E-state index contributed by atoms with van der Waals surface area (Å²) < 4.78 is 0. The number of aromatic nitrogens is 1. The van der Waals surface area contributed by atoms with Crippen LogP contribution in [0.5, 0.6) is 0 Å². The van der Waals surface area contributed by atoms with Crippen LogP contribution in [0.3, 0.4) is 0 Å². The molecule has 2 N–H and O–H groups in total. The van der Waals surface area contributed by atoms with Gasteiger partial charge < -0.3 is 10.6 Å². The fraction of sp³-hybridized carbons (Fsp3) is 0.412. The lowest BCUT2D eigenvalue weighted by Gasteiger charge is -2.38. The highest BCUT2D eigenvalue weighted by Gasteiger charge is 2.31. The quantitative estimate of drug-likeness (QED) is 0.921. The fourth-order valence-electron chi connectivity index (χ4n) is 2.91. The summed E-state index contributed by atoms with van der Waals surface area (Å²) in [6, 6.07) is 9.61. The number of nitrogens with zero attached hydrogens (tertiary/aromatic N) is 2. The lowest BCUT2D eigenvalue weighted by molar-refractivity contribution is 0.0619. The maximum absolute atomic E-state index is 12.8. The number of pyridine rings is 1. The van der Waals surface area contributed by atoms with E-state index in [1.165, 1.54) is 0 Å². The average Bonchev–Trinajstić information content (AvgIpc) is 2.54. The van der Waals surface area contributed by atoms with Crippen molar-refractivity contribution in [2.24, 2.45) is 11.1 Å². The molecule has 0 bridgehead atoms. The van der Waals surface area contributed by atoms with Crippen molar-refractivity contribution >= 4 is 16.8 Å². The highest BCUT2D eigenvalue weighted by molar-refractivity contribution is 6.05. The van der Waals surface area contributed by atoms with E-state index in [1.807, 2.05) is 35.2 Å². The predicted molar refractivity (Wildman–Crippen MR) is 84.0 cm³/mol. The minimum Gasteiger partial charge on any atom is -0.339 e. The van der Waals surface area contributed by atoms with Gasteiger partial charge in [-0.25, -0.2) is 0 Å². The number of rotatable bonds is 2. The molecule has 2 aromatic rings. The molecule has 4 nitrogen and oxygen atoms in total. The molecule has 0 radical (unpaired) electrons. The van der Waals surface area contributed by atoms with Crippen molar-refractivity contribution in [2.45, 2.75) is 19.8 Å². The normalized spacial score (nSPS) is 17.9. The van der Waals surface area contributed by atoms with Gasteiger partial charge >= 0.3 is 0 Å². The summed E-state index contributed by atoms with van der Waals surface area (Å²) >= 11 is 0. The molecule has 1 fully saturated rings. The number of benzene rings is 1. The molecule has 1 aliphatic heterocycles. The lowest BCUT2D eigenvalue weighted by Crippen LogP contribution is -2.44. The van der Waals surface area contributed by atoms with Crippen molar-refractivity contribution in [2.75, 3.05) is 19.6 Å². The molecular formula is C17H21N3O. The van der Waals surface area contributed by atoms with Crippen molar-refractivity contribution in [1.82, 2.24) is 9.88 Å². The predicted octanol–water partition coefficient (Wildman–Crippen LogP) is 2.44. The van der Waals surface area contributed by atoms with Crippen molar-refractivity contribution < 1.29 is 4.79 Å². The third kappa shape index (κ3) is 2.63. The van der Waals surface area contributed by atoms with Crippen molar-refractivity contribution in [3.8, 4) is 0 Å². The molecule has 3 rings (SSSR count). The number of carbonyl (C=O) groups is 1. The van der Waals surface area contributed by atoms with E-state index in [0.29, 0.717) is 6.54 Å². The number of hydrogen-bond donors (Lipinski definition) is 1. The standard InChI is InChI=1S/C17H21N3O/c1-17(12-18)7-10-20(11-8-17)16(21)14-6-9-19-15-5-3-2-4-13(14)15/h2-6,9H,7-8,10-12,18H2,1H3. The second kappa shape index (κ2) is 5.45. The molecule has 1 amide bonds. The second-order valence-electron chi connectivity index (χ2n) is 6.18. The maximum Gasteiger partial charge on any atom is 0.254 e. The molecule has 0 aliphatic carbocycles. The van der Waals surface area contributed by atoms with Gasteiger partial charge in [0.2, 0.25) is 0 Å². The van der Waals surface area contributed by atoms with E-state index in [0.717, 1.165) is 42.4 Å². The third-order valence-electron chi connectivity index (χ3n) is 4.63. The van der Waals surface area contributed by atoms with E-state index in [1.54, 1.807) is 6.20 Å². The Bertz CT molecular complexity index is 655.